The first kappa shape index (κ1) is 14.3. The van der Waals surface area contributed by atoms with E-state index in [1.54, 1.807) is 24.3 Å². The van der Waals surface area contributed by atoms with Crippen LogP contribution in [0.1, 0.15) is 24.0 Å². The molecule has 1 saturated heterocycles. The summed E-state index contributed by atoms with van der Waals surface area (Å²) in [6, 6.07) is 18.2. The fraction of sp³-hybridized carbons (Fsp3) is 0.294. The van der Waals surface area contributed by atoms with E-state index >= 15 is 0 Å². The zero-order valence-corrected chi connectivity index (χ0v) is 12.5. The molecule has 21 heavy (non-hydrogen) atoms. The van der Waals surface area contributed by atoms with Gasteiger partial charge in [0.25, 0.3) is 0 Å². The standard InChI is InChI=1S/C17H18O3S/c18-17(14-8-3-1-4-9-14,15-10-5-2-6-11-15)16-12-7-13-21(16,19)20/h1-6,8-11,16,18H,7,12-13H2/t16-/m0/s1. The quantitative estimate of drug-likeness (QED) is 0.948. The molecule has 0 aromatic heterocycles. The van der Waals surface area contributed by atoms with Crippen LogP contribution in [0.3, 0.4) is 0 Å². The Hall–Kier alpha value is -1.65. The first-order valence-corrected chi connectivity index (χ1v) is 8.82. The molecule has 1 aliphatic heterocycles. The Balaban J connectivity index is 2.21. The largest absolute Gasteiger partial charge is 0.379 e. The molecule has 3 nitrogen and oxygen atoms in total. The van der Waals surface area contributed by atoms with Gasteiger partial charge >= 0.3 is 0 Å². The molecule has 1 heterocycles. The van der Waals surface area contributed by atoms with E-state index in [9.17, 15) is 13.5 Å². The fourth-order valence-electron chi connectivity index (χ4n) is 3.18. The van der Waals surface area contributed by atoms with E-state index in [4.69, 9.17) is 0 Å². The van der Waals surface area contributed by atoms with Crippen LogP contribution in [0, 0.1) is 0 Å². The van der Waals surface area contributed by atoms with E-state index in [-0.39, 0.29) is 5.75 Å². The predicted octanol–water partition coefficient (Wildman–Crippen LogP) is 2.50. The topological polar surface area (TPSA) is 54.4 Å². The maximum absolute atomic E-state index is 12.4. The van der Waals surface area contributed by atoms with Crippen molar-refractivity contribution in [1.82, 2.24) is 0 Å². The van der Waals surface area contributed by atoms with Crippen molar-refractivity contribution in [2.24, 2.45) is 0 Å². The van der Waals surface area contributed by atoms with E-state index < -0.39 is 20.7 Å². The SMILES string of the molecule is O=S1(=O)CCC[C@H]1C(O)(c1ccccc1)c1ccccc1. The van der Waals surface area contributed by atoms with Crippen LogP contribution in [0.2, 0.25) is 0 Å². The van der Waals surface area contributed by atoms with Gasteiger partial charge in [0.05, 0.1) is 11.0 Å². The molecule has 0 spiro atoms. The summed E-state index contributed by atoms with van der Waals surface area (Å²) >= 11 is 0. The van der Waals surface area contributed by atoms with E-state index in [1.807, 2.05) is 36.4 Å². The van der Waals surface area contributed by atoms with E-state index in [2.05, 4.69) is 0 Å². The minimum absolute atomic E-state index is 0.152. The third-order valence-electron chi connectivity index (χ3n) is 4.22. The summed E-state index contributed by atoms with van der Waals surface area (Å²) in [7, 11) is -3.29. The highest BCUT2D eigenvalue weighted by atomic mass is 32.2. The van der Waals surface area contributed by atoms with E-state index in [0.717, 1.165) is 0 Å². The number of rotatable bonds is 3. The molecule has 0 aliphatic carbocycles. The molecule has 110 valence electrons. The number of hydrogen-bond donors (Lipinski definition) is 1. The highest BCUT2D eigenvalue weighted by Gasteiger charge is 2.49. The molecule has 3 rings (SSSR count). The molecule has 2 aromatic rings. The van der Waals surface area contributed by atoms with Crippen LogP contribution in [0.15, 0.2) is 60.7 Å². The summed E-state index contributed by atoms with van der Waals surface area (Å²) in [6.45, 7) is 0. The van der Waals surface area contributed by atoms with Crippen molar-refractivity contribution in [1.29, 1.82) is 0 Å². The molecule has 0 unspecified atom stereocenters. The van der Waals surface area contributed by atoms with Crippen molar-refractivity contribution in [3.05, 3.63) is 71.8 Å². The number of sulfone groups is 1. The minimum Gasteiger partial charge on any atom is -0.379 e. The molecule has 1 N–H and O–H groups in total. The lowest BCUT2D eigenvalue weighted by molar-refractivity contribution is 0.0746. The van der Waals surface area contributed by atoms with Gasteiger partial charge < -0.3 is 5.11 Å². The van der Waals surface area contributed by atoms with E-state index in [0.29, 0.717) is 24.0 Å². The van der Waals surface area contributed by atoms with Gasteiger partial charge in [0.2, 0.25) is 0 Å². The normalized spacial score (nSPS) is 21.3. The Morgan fingerprint density at radius 3 is 1.76 bits per heavy atom. The van der Waals surface area contributed by atoms with Crippen LogP contribution in [0.5, 0.6) is 0 Å². The Labute approximate surface area is 125 Å². The average Bonchev–Trinajstić information content (AvgIpc) is 2.88. The van der Waals surface area contributed by atoms with Crippen molar-refractivity contribution in [3.8, 4) is 0 Å². The second kappa shape index (κ2) is 5.28. The second-order valence-electron chi connectivity index (χ2n) is 5.50. The Morgan fingerprint density at radius 1 is 0.905 bits per heavy atom. The zero-order chi connectivity index (χ0) is 14.9. The van der Waals surface area contributed by atoms with Crippen molar-refractivity contribution in [2.45, 2.75) is 23.7 Å². The summed E-state index contributed by atoms with van der Waals surface area (Å²) in [6.07, 6.45) is 1.09. The van der Waals surface area contributed by atoms with Crippen molar-refractivity contribution in [3.63, 3.8) is 0 Å². The van der Waals surface area contributed by atoms with Crippen LogP contribution in [0.4, 0.5) is 0 Å². The van der Waals surface area contributed by atoms with Gasteiger partial charge in [-0.3, -0.25) is 0 Å². The summed E-state index contributed by atoms with van der Waals surface area (Å²) < 4.78 is 24.8. The van der Waals surface area contributed by atoms with Crippen LogP contribution < -0.4 is 0 Å². The number of benzene rings is 2. The van der Waals surface area contributed by atoms with Gasteiger partial charge in [0.1, 0.15) is 5.60 Å². The highest BCUT2D eigenvalue weighted by molar-refractivity contribution is 7.92. The van der Waals surface area contributed by atoms with Gasteiger partial charge in [-0.15, -0.1) is 0 Å². The Kier molecular flexibility index (Phi) is 3.59. The first-order valence-electron chi connectivity index (χ1n) is 7.10. The molecule has 4 heteroatoms. The molecule has 1 aliphatic rings. The van der Waals surface area contributed by atoms with Gasteiger partial charge in [-0.25, -0.2) is 8.42 Å². The van der Waals surface area contributed by atoms with E-state index in [1.165, 1.54) is 0 Å². The lowest BCUT2D eigenvalue weighted by Crippen LogP contribution is -2.43. The lowest BCUT2D eigenvalue weighted by atomic mass is 9.82. The van der Waals surface area contributed by atoms with Crippen LogP contribution in [-0.4, -0.2) is 24.5 Å². The molecule has 1 fully saturated rings. The zero-order valence-electron chi connectivity index (χ0n) is 11.6. The van der Waals surface area contributed by atoms with Crippen LogP contribution in [0.25, 0.3) is 0 Å². The smallest absolute Gasteiger partial charge is 0.156 e. The number of aliphatic hydroxyl groups is 1. The Bertz CT molecular complexity index is 669. The second-order valence-corrected chi connectivity index (χ2v) is 7.80. The Morgan fingerprint density at radius 2 is 1.38 bits per heavy atom. The monoisotopic (exact) mass is 302 g/mol. The summed E-state index contributed by atoms with van der Waals surface area (Å²) in [5.41, 5.74) is -0.226. The van der Waals surface area contributed by atoms with Gasteiger partial charge in [-0.1, -0.05) is 60.7 Å². The van der Waals surface area contributed by atoms with Gasteiger partial charge in [0.15, 0.2) is 9.84 Å². The first-order chi connectivity index (χ1) is 10.0. The third-order valence-corrected chi connectivity index (χ3v) is 6.52. The van der Waals surface area contributed by atoms with Crippen LogP contribution in [-0.2, 0) is 15.4 Å². The molecular formula is C17H18O3S. The predicted molar refractivity (Wildman–Crippen MR) is 82.7 cm³/mol. The summed E-state index contributed by atoms with van der Waals surface area (Å²) in [5.74, 6) is 0.152. The molecule has 2 aromatic carbocycles. The molecular weight excluding hydrogens is 284 g/mol. The summed E-state index contributed by atoms with van der Waals surface area (Å²) in [4.78, 5) is 0. The average molecular weight is 302 g/mol. The van der Waals surface area contributed by atoms with Crippen LogP contribution >= 0.6 is 0 Å². The van der Waals surface area contributed by atoms with Gasteiger partial charge in [0, 0.05) is 0 Å². The minimum atomic E-state index is -3.29. The molecule has 0 bridgehead atoms. The third kappa shape index (κ3) is 2.39. The maximum atomic E-state index is 12.4. The molecule has 1 atom stereocenters. The van der Waals surface area contributed by atoms with Gasteiger partial charge in [-0.05, 0) is 24.0 Å². The molecule has 0 saturated carbocycles. The highest BCUT2D eigenvalue weighted by Crippen LogP contribution is 2.41. The number of hydrogen-bond acceptors (Lipinski definition) is 3. The summed E-state index contributed by atoms with van der Waals surface area (Å²) in [5, 5.41) is 10.6. The lowest BCUT2D eigenvalue weighted by Gasteiger charge is -2.34. The molecule has 0 radical (unpaired) electrons. The van der Waals surface area contributed by atoms with Gasteiger partial charge in [-0.2, -0.15) is 0 Å². The van der Waals surface area contributed by atoms with Crippen molar-refractivity contribution >= 4 is 9.84 Å². The van der Waals surface area contributed by atoms with Crippen molar-refractivity contribution in [2.75, 3.05) is 5.75 Å². The molecule has 0 amide bonds. The maximum Gasteiger partial charge on any atom is 0.156 e. The fourth-order valence-corrected chi connectivity index (χ4v) is 5.35. The van der Waals surface area contributed by atoms with Crippen molar-refractivity contribution < 1.29 is 13.5 Å².